The Labute approximate surface area is 205 Å². The van der Waals surface area contributed by atoms with Crippen molar-refractivity contribution >= 4 is 23.2 Å². The zero-order valence-electron chi connectivity index (χ0n) is 20.2. The fourth-order valence-corrected chi connectivity index (χ4v) is 6.07. The van der Waals surface area contributed by atoms with E-state index in [0.717, 1.165) is 75.0 Å². The van der Waals surface area contributed by atoms with Crippen molar-refractivity contribution in [3.05, 3.63) is 58.4 Å². The third-order valence-corrected chi connectivity index (χ3v) is 8.44. The predicted molar refractivity (Wildman–Crippen MR) is 133 cm³/mol. The average molecular weight is 470 g/mol. The summed E-state index contributed by atoms with van der Waals surface area (Å²) in [6.07, 6.45) is 10.9. The number of benzene rings is 1. The van der Waals surface area contributed by atoms with Crippen molar-refractivity contribution in [2.75, 3.05) is 19.6 Å². The van der Waals surface area contributed by atoms with Crippen LogP contribution in [0.15, 0.2) is 35.5 Å². The summed E-state index contributed by atoms with van der Waals surface area (Å²) in [6.45, 7) is 4.35. The van der Waals surface area contributed by atoms with Crippen LogP contribution < -0.4 is 0 Å². The van der Waals surface area contributed by atoms with Gasteiger partial charge in [-0.3, -0.25) is 24.6 Å². The molecule has 7 rings (SSSR count). The fraction of sp³-hybridized carbons (Fsp3) is 0.500. The molecule has 180 valence electrons. The Bertz CT molecular complexity index is 1300. The maximum atomic E-state index is 13.4. The van der Waals surface area contributed by atoms with Crippen molar-refractivity contribution in [3.8, 4) is 0 Å². The Kier molecular flexibility index (Phi) is 4.60. The second-order valence-corrected chi connectivity index (χ2v) is 11.0. The predicted octanol–water partition coefficient (Wildman–Crippen LogP) is 3.48. The first kappa shape index (κ1) is 21.1. The number of fused-ring (bicyclic) bond motifs is 1. The number of carbonyl (C=O) groups is 2. The maximum Gasteiger partial charge on any atom is 0.256 e. The lowest BCUT2D eigenvalue weighted by Gasteiger charge is -2.24. The van der Waals surface area contributed by atoms with Crippen molar-refractivity contribution in [1.82, 2.24) is 20.0 Å². The molecule has 1 atom stereocenters. The molecule has 7 nitrogen and oxygen atoms in total. The molecule has 1 saturated heterocycles. The molecule has 0 bridgehead atoms. The zero-order chi connectivity index (χ0) is 23.7. The molecule has 2 aliphatic heterocycles. The number of nitrogens with zero attached hydrogens (tertiary/aromatic N) is 4. The molecule has 35 heavy (non-hydrogen) atoms. The summed E-state index contributed by atoms with van der Waals surface area (Å²) >= 11 is 0. The Morgan fingerprint density at radius 1 is 1.20 bits per heavy atom. The standard InChI is InChI=1S/C28H31N5O2/c1-17-13-20(22-3-2-4-24-23(22)14-29-31-24)7-8-21(17)25-30-28(10-11-28)27(35)33(25)16-18-9-12-32(15-18)26(34)19-5-6-19/h3,7-8,13-14,18-19H,2,4-6,9-12,15-16H2,1H3,(H,29,31)/t18-/m1/s1. The van der Waals surface area contributed by atoms with E-state index in [2.05, 4.69) is 41.4 Å². The van der Waals surface area contributed by atoms with Gasteiger partial charge in [0, 0.05) is 42.4 Å². The Balaban J connectivity index is 1.15. The van der Waals surface area contributed by atoms with E-state index in [9.17, 15) is 9.59 Å². The highest BCUT2D eigenvalue weighted by Crippen LogP contribution is 2.46. The topological polar surface area (TPSA) is 81.7 Å². The number of hydrogen-bond donors (Lipinski definition) is 1. The van der Waals surface area contributed by atoms with Crippen LogP contribution in [0.4, 0.5) is 0 Å². The van der Waals surface area contributed by atoms with E-state index in [1.807, 2.05) is 16.0 Å². The van der Waals surface area contributed by atoms with E-state index in [1.165, 1.54) is 22.4 Å². The highest BCUT2D eigenvalue weighted by Gasteiger charge is 2.57. The first-order valence-electron chi connectivity index (χ1n) is 13.1. The lowest BCUT2D eigenvalue weighted by molar-refractivity contribution is -0.131. The third kappa shape index (κ3) is 3.46. The molecule has 3 fully saturated rings. The highest BCUT2D eigenvalue weighted by atomic mass is 16.2. The number of amides is 2. The first-order chi connectivity index (χ1) is 17.0. The Morgan fingerprint density at radius 3 is 2.83 bits per heavy atom. The smallest absolute Gasteiger partial charge is 0.256 e. The number of aromatic amines is 1. The van der Waals surface area contributed by atoms with E-state index in [-0.39, 0.29) is 11.8 Å². The molecule has 2 saturated carbocycles. The van der Waals surface area contributed by atoms with Gasteiger partial charge >= 0.3 is 0 Å². The number of aryl methyl sites for hydroxylation is 2. The maximum absolute atomic E-state index is 13.4. The van der Waals surface area contributed by atoms with Crippen LogP contribution in [0, 0.1) is 18.8 Å². The van der Waals surface area contributed by atoms with Crippen molar-refractivity contribution in [2.45, 2.75) is 57.4 Å². The number of rotatable bonds is 5. The molecule has 0 radical (unpaired) electrons. The van der Waals surface area contributed by atoms with Gasteiger partial charge in [-0.2, -0.15) is 5.10 Å². The first-order valence-corrected chi connectivity index (χ1v) is 13.1. The quantitative estimate of drug-likeness (QED) is 0.728. The van der Waals surface area contributed by atoms with Crippen LogP contribution >= 0.6 is 0 Å². The van der Waals surface area contributed by atoms with Gasteiger partial charge < -0.3 is 4.90 Å². The lowest BCUT2D eigenvalue weighted by atomic mass is 9.90. The molecule has 2 aromatic rings. The number of hydrogen-bond acceptors (Lipinski definition) is 4. The molecular formula is C28H31N5O2. The molecule has 3 heterocycles. The van der Waals surface area contributed by atoms with E-state index < -0.39 is 5.54 Å². The summed E-state index contributed by atoms with van der Waals surface area (Å²) in [7, 11) is 0. The van der Waals surface area contributed by atoms with Gasteiger partial charge in [0.25, 0.3) is 5.91 Å². The fourth-order valence-electron chi connectivity index (χ4n) is 6.07. The number of nitrogens with one attached hydrogen (secondary N) is 1. The van der Waals surface area contributed by atoms with Crippen LogP contribution in [0.1, 0.15) is 66.5 Å². The Morgan fingerprint density at radius 2 is 2.06 bits per heavy atom. The van der Waals surface area contributed by atoms with Gasteiger partial charge in [-0.25, -0.2) is 0 Å². The second kappa shape index (κ2) is 7.64. The molecule has 7 heteroatoms. The van der Waals surface area contributed by atoms with E-state index >= 15 is 0 Å². The zero-order valence-corrected chi connectivity index (χ0v) is 20.2. The molecule has 1 spiro atoms. The van der Waals surface area contributed by atoms with Crippen LogP contribution in [-0.2, 0) is 16.0 Å². The Hall–Kier alpha value is -3.22. The van der Waals surface area contributed by atoms with Gasteiger partial charge in [-0.1, -0.05) is 24.3 Å². The largest absolute Gasteiger partial charge is 0.342 e. The summed E-state index contributed by atoms with van der Waals surface area (Å²) in [5.41, 5.74) is 6.42. The van der Waals surface area contributed by atoms with E-state index in [1.54, 1.807) is 0 Å². The average Bonchev–Trinajstić information content (AvgIpc) is 3.74. The van der Waals surface area contributed by atoms with Crippen molar-refractivity contribution in [3.63, 3.8) is 0 Å². The summed E-state index contributed by atoms with van der Waals surface area (Å²) in [5, 5.41) is 7.38. The molecule has 1 aromatic carbocycles. The summed E-state index contributed by atoms with van der Waals surface area (Å²) in [6, 6.07) is 6.51. The number of aliphatic imine (C=N–C) groups is 1. The lowest BCUT2D eigenvalue weighted by Crippen LogP contribution is -2.41. The molecule has 1 N–H and O–H groups in total. The van der Waals surface area contributed by atoms with Gasteiger partial charge in [-0.15, -0.1) is 0 Å². The van der Waals surface area contributed by atoms with Gasteiger partial charge in [0.05, 0.1) is 6.20 Å². The number of H-pyrrole nitrogens is 1. The van der Waals surface area contributed by atoms with Gasteiger partial charge in [0.15, 0.2) is 0 Å². The van der Waals surface area contributed by atoms with Gasteiger partial charge in [0.2, 0.25) is 5.91 Å². The van der Waals surface area contributed by atoms with Crippen LogP contribution in [0.2, 0.25) is 0 Å². The molecule has 0 unspecified atom stereocenters. The van der Waals surface area contributed by atoms with Crippen LogP contribution in [-0.4, -0.2) is 62.8 Å². The van der Waals surface area contributed by atoms with Gasteiger partial charge in [0.1, 0.15) is 11.4 Å². The number of amidine groups is 1. The molecule has 5 aliphatic rings. The highest BCUT2D eigenvalue weighted by molar-refractivity contribution is 6.17. The minimum absolute atomic E-state index is 0.154. The van der Waals surface area contributed by atoms with E-state index in [4.69, 9.17) is 4.99 Å². The molecular weight excluding hydrogens is 438 g/mol. The minimum Gasteiger partial charge on any atom is -0.342 e. The monoisotopic (exact) mass is 469 g/mol. The van der Waals surface area contributed by atoms with Crippen LogP contribution in [0.25, 0.3) is 5.57 Å². The van der Waals surface area contributed by atoms with Crippen molar-refractivity contribution in [2.24, 2.45) is 16.8 Å². The number of likely N-dealkylation sites (tertiary alicyclic amines) is 1. The summed E-state index contributed by atoms with van der Waals surface area (Å²) < 4.78 is 0. The number of carbonyl (C=O) groups excluding carboxylic acids is 2. The molecule has 2 amide bonds. The van der Waals surface area contributed by atoms with Crippen molar-refractivity contribution < 1.29 is 9.59 Å². The normalized spacial score (nSPS) is 24.6. The third-order valence-electron chi connectivity index (χ3n) is 8.44. The molecule has 1 aromatic heterocycles. The number of allylic oxidation sites excluding steroid dienone is 1. The minimum atomic E-state index is -0.528. The molecule has 3 aliphatic carbocycles. The second-order valence-electron chi connectivity index (χ2n) is 11.0. The van der Waals surface area contributed by atoms with Crippen molar-refractivity contribution in [1.29, 1.82) is 0 Å². The SMILES string of the molecule is Cc1cc(C2=CCCc3[nH]ncc32)ccc1C1=NC2(CC2)C(=O)N1C[C@@H]1CCN(C(=O)C2CC2)C1. The van der Waals surface area contributed by atoms with Gasteiger partial charge in [-0.05, 0) is 74.5 Å². The van der Waals surface area contributed by atoms with Crippen LogP contribution in [0.5, 0.6) is 0 Å². The summed E-state index contributed by atoms with van der Waals surface area (Å²) in [4.78, 5) is 34.9. The van der Waals surface area contributed by atoms with Crippen LogP contribution in [0.3, 0.4) is 0 Å². The number of aromatic nitrogens is 2. The summed E-state index contributed by atoms with van der Waals surface area (Å²) in [5.74, 6) is 1.86. The van der Waals surface area contributed by atoms with E-state index in [0.29, 0.717) is 18.4 Å².